The van der Waals surface area contributed by atoms with Crippen molar-refractivity contribution in [1.29, 1.82) is 0 Å². The molecule has 8 heteroatoms. The van der Waals surface area contributed by atoms with Crippen molar-refractivity contribution < 1.29 is 29.0 Å². The van der Waals surface area contributed by atoms with E-state index in [-0.39, 0.29) is 0 Å². The average molecular weight is 427 g/mol. The van der Waals surface area contributed by atoms with Gasteiger partial charge in [-0.3, -0.25) is 19.2 Å². The number of carboxylic acids is 1. The zero-order valence-corrected chi connectivity index (χ0v) is 17.1. The summed E-state index contributed by atoms with van der Waals surface area (Å²) in [6.07, 6.45) is -0.573. The summed E-state index contributed by atoms with van der Waals surface area (Å²) in [5.74, 6) is -3.12. The van der Waals surface area contributed by atoms with E-state index in [2.05, 4.69) is 58.6 Å². The van der Waals surface area contributed by atoms with E-state index in [0.29, 0.717) is 5.56 Å². The lowest BCUT2D eigenvalue weighted by Crippen LogP contribution is -2.44. The van der Waals surface area contributed by atoms with Crippen molar-refractivity contribution in [2.24, 2.45) is 0 Å². The van der Waals surface area contributed by atoms with Crippen LogP contribution < -0.4 is 5.32 Å². The van der Waals surface area contributed by atoms with E-state index in [1.54, 1.807) is 16.8 Å². The van der Waals surface area contributed by atoms with Crippen LogP contribution in [0, 0.1) is 0 Å². The van der Waals surface area contributed by atoms with Crippen LogP contribution >= 0.6 is 11.3 Å². The summed E-state index contributed by atoms with van der Waals surface area (Å²) < 4.78 is 4.51. The van der Waals surface area contributed by atoms with E-state index in [0.717, 1.165) is 6.92 Å². The molecule has 7 nitrogen and oxygen atoms in total. The molecule has 1 atom stereocenters. The molecule has 156 valence electrons. The summed E-state index contributed by atoms with van der Waals surface area (Å²) in [6.45, 7) is 0.556. The number of hydrogen-bond acceptors (Lipinski definition) is 6. The molecule has 0 aliphatic carbocycles. The summed E-state index contributed by atoms with van der Waals surface area (Å²) in [5.41, 5.74) is 0.339. The summed E-state index contributed by atoms with van der Waals surface area (Å²) >= 11 is 1.30. The molecular weight excluding hydrogens is 406 g/mol. The summed E-state index contributed by atoms with van der Waals surface area (Å²) in [7, 11) is 0. The van der Waals surface area contributed by atoms with E-state index < -0.39 is 42.7 Å². The SMILES string of the molecule is CC(=O)OCC(=O)C(CC(=O)O)NC(=O)c1ccsc1.c1ccc2ccccc2c1. The molecule has 1 aromatic heterocycles. The van der Waals surface area contributed by atoms with Crippen LogP contribution in [0.15, 0.2) is 65.4 Å². The number of Topliss-reactive ketones (excluding diaryl/α,β-unsaturated/α-hetero) is 1. The third-order valence-corrected chi connectivity index (χ3v) is 4.62. The highest BCUT2D eigenvalue weighted by Crippen LogP contribution is 2.11. The first-order valence-electron chi connectivity index (χ1n) is 9.01. The van der Waals surface area contributed by atoms with Crippen LogP contribution in [0.1, 0.15) is 23.7 Å². The van der Waals surface area contributed by atoms with Crippen LogP contribution in [0.5, 0.6) is 0 Å². The van der Waals surface area contributed by atoms with Crippen LogP contribution in [0.3, 0.4) is 0 Å². The fourth-order valence-electron chi connectivity index (χ4n) is 2.46. The number of carbonyl (C=O) groups is 4. The molecule has 0 bridgehead atoms. The molecule has 1 unspecified atom stereocenters. The van der Waals surface area contributed by atoms with Gasteiger partial charge >= 0.3 is 11.9 Å². The lowest BCUT2D eigenvalue weighted by molar-refractivity contribution is -0.147. The smallest absolute Gasteiger partial charge is 0.305 e. The minimum absolute atomic E-state index is 0.339. The largest absolute Gasteiger partial charge is 0.481 e. The Morgan fingerprint density at radius 2 is 1.57 bits per heavy atom. The highest BCUT2D eigenvalue weighted by Gasteiger charge is 2.25. The Bertz CT molecular complexity index is 950. The maximum absolute atomic E-state index is 11.8. The molecule has 2 N–H and O–H groups in total. The third-order valence-electron chi connectivity index (χ3n) is 3.93. The van der Waals surface area contributed by atoms with Crippen molar-refractivity contribution in [1.82, 2.24) is 5.32 Å². The van der Waals surface area contributed by atoms with Gasteiger partial charge in [0.15, 0.2) is 12.4 Å². The van der Waals surface area contributed by atoms with Gasteiger partial charge in [-0.1, -0.05) is 48.5 Å². The van der Waals surface area contributed by atoms with Crippen LogP contribution in [0.25, 0.3) is 10.8 Å². The van der Waals surface area contributed by atoms with E-state index in [9.17, 15) is 19.2 Å². The van der Waals surface area contributed by atoms with Crippen molar-refractivity contribution in [2.75, 3.05) is 6.61 Å². The standard InChI is InChI=1S/C12H13NO6S.C10H8/c1-7(14)19-5-10(15)9(4-11(16)17)13-12(18)8-2-3-20-6-8;1-2-6-10-8-4-3-7-9(10)5-1/h2-3,6,9H,4-5H2,1H3,(H,13,18)(H,16,17);1-8H. The number of rotatable bonds is 7. The molecule has 0 saturated heterocycles. The number of carbonyl (C=O) groups excluding carboxylic acids is 3. The minimum Gasteiger partial charge on any atom is -0.481 e. The molecular formula is C22H21NO6S. The molecule has 3 rings (SSSR count). The van der Waals surface area contributed by atoms with Crippen LogP contribution in [-0.4, -0.2) is 41.4 Å². The van der Waals surface area contributed by atoms with Crippen molar-refractivity contribution >= 4 is 45.7 Å². The van der Waals surface area contributed by atoms with E-state index in [1.165, 1.54) is 22.1 Å². The van der Waals surface area contributed by atoms with Crippen molar-refractivity contribution in [3.8, 4) is 0 Å². The van der Waals surface area contributed by atoms with Crippen LogP contribution in [0.4, 0.5) is 0 Å². The monoisotopic (exact) mass is 427 g/mol. The number of aliphatic carboxylic acids is 1. The minimum atomic E-state index is -1.24. The van der Waals surface area contributed by atoms with Crippen molar-refractivity contribution in [3.05, 3.63) is 70.9 Å². The molecule has 0 fully saturated rings. The number of amides is 1. The summed E-state index contributed by atoms with van der Waals surface area (Å²) in [6, 6.07) is 17.0. The number of fused-ring (bicyclic) bond motifs is 1. The Labute approximate surface area is 177 Å². The first-order chi connectivity index (χ1) is 14.4. The molecule has 0 spiro atoms. The molecule has 0 saturated carbocycles. The second-order valence-corrected chi connectivity index (χ2v) is 7.01. The predicted molar refractivity (Wildman–Crippen MR) is 113 cm³/mol. The van der Waals surface area contributed by atoms with Crippen LogP contribution in [-0.2, 0) is 19.1 Å². The summed E-state index contributed by atoms with van der Waals surface area (Å²) in [4.78, 5) is 44.9. The third kappa shape index (κ3) is 7.48. The fourth-order valence-corrected chi connectivity index (χ4v) is 3.10. The number of hydrogen-bond donors (Lipinski definition) is 2. The highest BCUT2D eigenvalue weighted by atomic mass is 32.1. The Kier molecular flexibility index (Phi) is 8.71. The van der Waals surface area contributed by atoms with Gasteiger partial charge in [-0.25, -0.2) is 0 Å². The number of benzene rings is 2. The number of nitrogens with one attached hydrogen (secondary N) is 1. The van der Waals surface area contributed by atoms with Gasteiger partial charge in [0, 0.05) is 12.3 Å². The molecule has 0 radical (unpaired) electrons. The zero-order valence-electron chi connectivity index (χ0n) is 16.2. The zero-order chi connectivity index (χ0) is 21.9. The maximum atomic E-state index is 11.8. The first kappa shape index (κ1) is 22.8. The topological polar surface area (TPSA) is 110 Å². The van der Waals surface area contributed by atoms with Gasteiger partial charge in [-0.2, -0.15) is 11.3 Å². The van der Waals surface area contributed by atoms with E-state index in [1.807, 2.05) is 0 Å². The van der Waals surface area contributed by atoms with Crippen LogP contribution in [0.2, 0.25) is 0 Å². The lowest BCUT2D eigenvalue weighted by atomic mass is 10.1. The van der Waals surface area contributed by atoms with Gasteiger partial charge in [0.25, 0.3) is 5.91 Å². The van der Waals surface area contributed by atoms with Gasteiger partial charge in [-0.05, 0) is 22.2 Å². The lowest BCUT2D eigenvalue weighted by Gasteiger charge is -2.15. The van der Waals surface area contributed by atoms with Gasteiger partial charge in [-0.15, -0.1) is 0 Å². The quantitative estimate of drug-likeness (QED) is 0.560. The molecule has 0 aliphatic heterocycles. The Morgan fingerprint density at radius 3 is 2.00 bits per heavy atom. The van der Waals surface area contributed by atoms with Gasteiger partial charge in [0.1, 0.15) is 6.04 Å². The van der Waals surface area contributed by atoms with Crippen molar-refractivity contribution in [3.63, 3.8) is 0 Å². The maximum Gasteiger partial charge on any atom is 0.305 e. The number of esters is 1. The molecule has 3 aromatic rings. The normalized spacial score (nSPS) is 11.0. The van der Waals surface area contributed by atoms with Crippen molar-refractivity contribution in [2.45, 2.75) is 19.4 Å². The fraction of sp³-hybridized carbons (Fsp3) is 0.182. The number of ether oxygens (including phenoxy) is 1. The average Bonchev–Trinajstić information content (AvgIpc) is 3.27. The predicted octanol–water partition coefficient (Wildman–Crippen LogP) is 3.29. The second-order valence-electron chi connectivity index (χ2n) is 6.23. The first-order valence-corrected chi connectivity index (χ1v) is 9.96. The number of ketones is 1. The molecule has 1 heterocycles. The molecule has 1 amide bonds. The highest BCUT2D eigenvalue weighted by molar-refractivity contribution is 7.08. The second kappa shape index (κ2) is 11.5. The Hall–Kier alpha value is -3.52. The Morgan fingerprint density at radius 1 is 1.00 bits per heavy atom. The van der Waals surface area contributed by atoms with Gasteiger partial charge in [0.2, 0.25) is 0 Å². The van der Waals surface area contributed by atoms with E-state index in [4.69, 9.17) is 5.11 Å². The summed E-state index contributed by atoms with van der Waals surface area (Å²) in [5, 5.41) is 16.9. The molecule has 30 heavy (non-hydrogen) atoms. The number of thiophene rings is 1. The Balaban J connectivity index is 0.000000263. The molecule has 0 aliphatic rings. The molecule has 2 aromatic carbocycles. The number of carboxylic acid groups (broad SMARTS) is 1. The van der Waals surface area contributed by atoms with Gasteiger partial charge < -0.3 is 15.2 Å². The van der Waals surface area contributed by atoms with Gasteiger partial charge in [0.05, 0.1) is 12.0 Å². The van der Waals surface area contributed by atoms with E-state index >= 15 is 0 Å².